The topological polar surface area (TPSA) is 124 Å². The number of nitrogens with zero attached hydrogens (tertiary/aromatic N) is 8. The molecule has 6 rings (SSSR count). The highest BCUT2D eigenvalue weighted by molar-refractivity contribution is 7.84. The van der Waals surface area contributed by atoms with Crippen molar-refractivity contribution in [1.82, 2.24) is 34.0 Å². The van der Waals surface area contributed by atoms with E-state index in [4.69, 9.17) is 10.2 Å². The number of anilines is 2. The number of furan rings is 1. The van der Waals surface area contributed by atoms with Crippen LogP contribution in [0.15, 0.2) is 52.2 Å². The largest absolute Gasteiger partial charge is 0.461 e. The molecule has 1 fully saturated rings. The Bertz CT molecular complexity index is 1570. The predicted octanol–water partition coefficient (Wildman–Crippen LogP) is 2.01. The van der Waals surface area contributed by atoms with Crippen molar-refractivity contribution in [2.24, 2.45) is 0 Å². The van der Waals surface area contributed by atoms with Crippen molar-refractivity contribution in [3.05, 3.63) is 48.7 Å². The van der Waals surface area contributed by atoms with E-state index in [0.717, 1.165) is 19.6 Å². The van der Waals surface area contributed by atoms with Crippen LogP contribution >= 0.6 is 0 Å². The van der Waals surface area contributed by atoms with Gasteiger partial charge in [0.25, 0.3) is 0 Å². The zero-order valence-corrected chi connectivity index (χ0v) is 20.4. The summed E-state index contributed by atoms with van der Waals surface area (Å²) in [4.78, 5) is 18.5. The minimum absolute atomic E-state index is 0.220. The number of rotatable bonds is 6. The van der Waals surface area contributed by atoms with Gasteiger partial charge in [0.15, 0.2) is 22.6 Å². The number of piperazine rings is 1. The highest BCUT2D eigenvalue weighted by atomic mass is 32.2. The van der Waals surface area contributed by atoms with E-state index in [1.165, 1.54) is 10.6 Å². The highest BCUT2D eigenvalue weighted by Crippen LogP contribution is 2.24. The Morgan fingerprint density at radius 1 is 1.11 bits per heavy atom. The lowest BCUT2D eigenvalue weighted by atomic mass is 10.2. The quantitative estimate of drug-likeness (QED) is 0.366. The molecule has 5 aromatic rings. The number of hydrogen-bond donors (Lipinski definition) is 1. The van der Waals surface area contributed by atoms with E-state index < -0.39 is 10.8 Å². The highest BCUT2D eigenvalue weighted by Gasteiger charge is 2.21. The van der Waals surface area contributed by atoms with Crippen molar-refractivity contribution >= 4 is 39.2 Å². The van der Waals surface area contributed by atoms with Gasteiger partial charge < -0.3 is 19.6 Å². The lowest BCUT2D eigenvalue weighted by Gasteiger charge is -2.36. The summed E-state index contributed by atoms with van der Waals surface area (Å²) in [6.07, 6.45) is 4.85. The van der Waals surface area contributed by atoms with Gasteiger partial charge >= 0.3 is 0 Å². The third kappa shape index (κ3) is 3.99. The number of fused-ring (bicyclic) bond motifs is 3. The molecule has 0 saturated carbocycles. The van der Waals surface area contributed by atoms with Gasteiger partial charge in [0.2, 0.25) is 11.8 Å². The molecule has 5 heterocycles. The second-order valence-corrected chi connectivity index (χ2v) is 10.0. The zero-order chi connectivity index (χ0) is 24.8. The van der Waals surface area contributed by atoms with E-state index in [-0.39, 0.29) is 11.8 Å². The van der Waals surface area contributed by atoms with Gasteiger partial charge in [0.05, 0.1) is 18.3 Å². The molecule has 1 aliphatic rings. The van der Waals surface area contributed by atoms with Crippen LogP contribution in [-0.4, -0.2) is 77.2 Å². The Kier molecular flexibility index (Phi) is 5.64. The Balaban J connectivity index is 1.14. The maximum Gasteiger partial charge on any atom is 0.225 e. The minimum Gasteiger partial charge on any atom is -0.461 e. The van der Waals surface area contributed by atoms with Gasteiger partial charge in [0.1, 0.15) is 5.82 Å². The minimum atomic E-state index is -1.20. The SMILES string of the molecule is C[S@](=O)c1ccc(N2CCN(CCn3cnc4c3nc(N)n3nc(-c5ccco5)nc43)CC2)c(F)c1. The zero-order valence-electron chi connectivity index (χ0n) is 19.5. The number of nitrogen functional groups attached to an aromatic ring is 1. The van der Waals surface area contributed by atoms with Crippen LogP contribution < -0.4 is 10.6 Å². The molecular weight excluding hydrogens is 485 g/mol. The van der Waals surface area contributed by atoms with Crippen molar-refractivity contribution < 1.29 is 13.0 Å². The molecule has 0 bridgehead atoms. The van der Waals surface area contributed by atoms with E-state index in [2.05, 4.69) is 25.0 Å². The van der Waals surface area contributed by atoms with E-state index >= 15 is 0 Å². The third-order valence-corrected chi connectivity index (χ3v) is 7.35. The number of benzene rings is 1. The maximum absolute atomic E-state index is 14.6. The molecule has 186 valence electrons. The first kappa shape index (κ1) is 22.6. The van der Waals surface area contributed by atoms with Crippen LogP contribution in [0.2, 0.25) is 0 Å². The third-order valence-electron chi connectivity index (χ3n) is 6.43. The molecule has 0 aliphatic carbocycles. The molecule has 1 aromatic carbocycles. The molecule has 13 heteroatoms. The molecule has 1 saturated heterocycles. The fourth-order valence-electron chi connectivity index (χ4n) is 4.49. The summed E-state index contributed by atoms with van der Waals surface area (Å²) < 4.78 is 35.0. The lowest BCUT2D eigenvalue weighted by molar-refractivity contribution is 0.248. The molecule has 0 unspecified atom stereocenters. The van der Waals surface area contributed by atoms with Crippen molar-refractivity contribution in [2.75, 3.05) is 49.6 Å². The molecule has 0 amide bonds. The average molecular weight is 510 g/mol. The Labute approximate surface area is 207 Å². The number of aromatic nitrogens is 6. The van der Waals surface area contributed by atoms with Gasteiger partial charge in [-0.05, 0) is 30.3 Å². The van der Waals surface area contributed by atoms with Crippen LogP contribution in [0.25, 0.3) is 28.4 Å². The van der Waals surface area contributed by atoms with Crippen molar-refractivity contribution in [3.63, 3.8) is 0 Å². The van der Waals surface area contributed by atoms with Gasteiger partial charge in [-0.2, -0.15) is 9.50 Å². The second-order valence-electron chi connectivity index (χ2n) is 8.62. The molecule has 2 N–H and O–H groups in total. The number of hydrogen-bond acceptors (Lipinski definition) is 9. The van der Waals surface area contributed by atoms with Crippen molar-refractivity contribution in [2.45, 2.75) is 11.4 Å². The molecule has 0 spiro atoms. The first-order valence-corrected chi connectivity index (χ1v) is 13.0. The summed E-state index contributed by atoms with van der Waals surface area (Å²) in [5, 5.41) is 4.41. The molecule has 11 nitrogen and oxygen atoms in total. The molecule has 1 aliphatic heterocycles. The van der Waals surface area contributed by atoms with E-state index in [0.29, 0.717) is 58.6 Å². The maximum atomic E-state index is 14.6. The summed E-state index contributed by atoms with van der Waals surface area (Å²) in [5.41, 5.74) is 8.52. The molecule has 36 heavy (non-hydrogen) atoms. The average Bonchev–Trinajstić information content (AvgIpc) is 3.63. The molecule has 1 atom stereocenters. The van der Waals surface area contributed by atoms with Gasteiger partial charge in [-0.3, -0.25) is 9.11 Å². The summed E-state index contributed by atoms with van der Waals surface area (Å²) in [7, 11) is -1.20. The van der Waals surface area contributed by atoms with Gasteiger partial charge in [-0.1, -0.05) is 0 Å². The summed E-state index contributed by atoms with van der Waals surface area (Å²) >= 11 is 0. The standard InChI is InChI=1S/C23H24FN9O2S/c1-36(34)15-4-5-17(16(24)13-15)31-9-6-30(7-10-31)8-11-32-14-26-19-21(32)28-23(25)33-22(19)27-20(29-33)18-3-2-12-35-18/h2-5,12-14H,6-11H2,1H3,(H2,25,28)/t36-/m0/s1. The predicted molar refractivity (Wildman–Crippen MR) is 134 cm³/mol. The molecule has 0 radical (unpaired) electrons. The first-order chi connectivity index (χ1) is 17.5. The normalized spacial score (nSPS) is 15.8. The summed E-state index contributed by atoms with van der Waals surface area (Å²) in [5.74, 6) is 0.848. The molecule has 4 aromatic heterocycles. The smallest absolute Gasteiger partial charge is 0.225 e. The molecular formula is C23H24FN9O2S. The Hall–Kier alpha value is -3.84. The Morgan fingerprint density at radius 3 is 2.67 bits per heavy atom. The van der Waals surface area contributed by atoms with Gasteiger partial charge in [0, 0.05) is 61.2 Å². The van der Waals surface area contributed by atoms with Crippen LogP contribution in [-0.2, 0) is 17.3 Å². The van der Waals surface area contributed by atoms with Crippen molar-refractivity contribution in [3.8, 4) is 11.6 Å². The first-order valence-electron chi connectivity index (χ1n) is 11.5. The van der Waals surface area contributed by atoms with Gasteiger partial charge in [-0.25, -0.2) is 14.4 Å². The Morgan fingerprint density at radius 2 is 1.94 bits per heavy atom. The number of halogens is 1. The number of nitrogens with two attached hydrogens (primary N) is 1. The van der Waals surface area contributed by atoms with Gasteiger partial charge in [-0.15, -0.1) is 5.10 Å². The monoisotopic (exact) mass is 509 g/mol. The van der Waals surface area contributed by atoms with Crippen molar-refractivity contribution in [1.29, 1.82) is 0 Å². The number of imidazole rings is 1. The second kappa shape index (κ2) is 8.99. The summed E-state index contributed by atoms with van der Waals surface area (Å²) in [6, 6.07) is 8.37. The summed E-state index contributed by atoms with van der Waals surface area (Å²) in [6.45, 7) is 4.46. The van der Waals surface area contributed by atoms with E-state index in [1.54, 1.807) is 43.1 Å². The van der Waals surface area contributed by atoms with Crippen LogP contribution in [0, 0.1) is 5.82 Å². The van der Waals surface area contributed by atoms with Crippen LogP contribution in [0.4, 0.5) is 16.0 Å². The van der Waals surface area contributed by atoms with Crippen LogP contribution in [0.1, 0.15) is 0 Å². The van der Waals surface area contributed by atoms with Crippen LogP contribution in [0.5, 0.6) is 0 Å². The lowest BCUT2D eigenvalue weighted by Crippen LogP contribution is -2.47. The fourth-order valence-corrected chi connectivity index (χ4v) is 5.02. The van der Waals surface area contributed by atoms with E-state index in [1.807, 2.05) is 9.47 Å². The van der Waals surface area contributed by atoms with Crippen LogP contribution in [0.3, 0.4) is 0 Å². The van der Waals surface area contributed by atoms with E-state index in [9.17, 15) is 8.60 Å². The fraction of sp³-hybridized carbons (Fsp3) is 0.304.